The summed E-state index contributed by atoms with van der Waals surface area (Å²) in [4.78, 5) is 27.4. The molecule has 4 nitrogen and oxygen atoms in total. The number of carbonyl (C=O) groups excluding carboxylic acids is 2. The van der Waals surface area contributed by atoms with E-state index in [-0.39, 0.29) is 40.9 Å². The van der Waals surface area contributed by atoms with Gasteiger partial charge in [0.25, 0.3) is 0 Å². The summed E-state index contributed by atoms with van der Waals surface area (Å²) < 4.78 is 5.33. The highest BCUT2D eigenvalue weighted by atomic mass is 35.5. The number of fused-ring (bicyclic) bond motifs is 3. The van der Waals surface area contributed by atoms with Gasteiger partial charge in [0.1, 0.15) is 5.75 Å². The molecule has 3 fully saturated rings. The van der Waals surface area contributed by atoms with Crippen LogP contribution in [-0.2, 0) is 9.59 Å². The zero-order valence-corrected chi connectivity index (χ0v) is 13.4. The van der Waals surface area contributed by atoms with Crippen LogP contribution in [0.1, 0.15) is 12.8 Å². The average molecular weight is 330 g/mol. The lowest BCUT2D eigenvalue weighted by molar-refractivity contribution is -0.123. The van der Waals surface area contributed by atoms with Crippen molar-refractivity contribution in [2.24, 2.45) is 29.1 Å². The van der Waals surface area contributed by atoms with Crippen molar-refractivity contribution in [3.8, 4) is 5.75 Å². The Labute approximate surface area is 139 Å². The predicted molar refractivity (Wildman–Crippen MR) is 85.3 cm³/mol. The van der Waals surface area contributed by atoms with Crippen LogP contribution in [0.25, 0.3) is 0 Å². The molecular formula is C18H16ClNO3. The van der Waals surface area contributed by atoms with E-state index in [4.69, 9.17) is 16.3 Å². The van der Waals surface area contributed by atoms with Crippen LogP contribution in [0.2, 0.25) is 5.02 Å². The second kappa shape index (κ2) is 4.18. The summed E-state index contributed by atoms with van der Waals surface area (Å²) in [6, 6.07) is 5.03. The van der Waals surface area contributed by atoms with Gasteiger partial charge in [-0.1, -0.05) is 23.8 Å². The molecule has 4 aliphatic rings. The normalized spacial score (nSPS) is 35.3. The molecule has 3 aliphatic carbocycles. The summed E-state index contributed by atoms with van der Waals surface area (Å²) in [6.45, 7) is 0. The van der Waals surface area contributed by atoms with Gasteiger partial charge in [-0.25, -0.2) is 4.90 Å². The number of amides is 2. The topological polar surface area (TPSA) is 46.6 Å². The number of nitrogens with zero attached hydrogens (tertiary/aromatic N) is 1. The summed E-state index contributed by atoms with van der Waals surface area (Å²) >= 11 is 6.08. The van der Waals surface area contributed by atoms with Crippen LogP contribution >= 0.6 is 11.6 Å². The maximum atomic E-state index is 13.1. The molecule has 118 valence electrons. The van der Waals surface area contributed by atoms with Crippen molar-refractivity contribution in [3.63, 3.8) is 0 Å². The van der Waals surface area contributed by atoms with Crippen LogP contribution < -0.4 is 9.64 Å². The fourth-order valence-corrected chi connectivity index (χ4v) is 5.32. The highest BCUT2D eigenvalue weighted by molar-refractivity contribution is 6.31. The number of hydrogen-bond acceptors (Lipinski definition) is 3. The van der Waals surface area contributed by atoms with Gasteiger partial charge in [-0.3, -0.25) is 9.59 Å². The van der Waals surface area contributed by atoms with Gasteiger partial charge >= 0.3 is 0 Å². The molecule has 1 heterocycles. The van der Waals surface area contributed by atoms with Crippen molar-refractivity contribution in [1.82, 2.24) is 0 Å². The first kappa shape index (κ1) is 13.6. The van der Waals surface area contributed by atoms with Gasteiger partial charge in [-0.05, 0) is 48.3 Å². The van der Waals surface area contributed by atoms with Crippen molar-refractivity contribution in [1.29, 1.82) is 0 Å². The van der Waals surface area contributed by atoms with Crippen molar-refractivity contribution in [2.75, 3.05) is 12.0 Å². The standard InChI is InChI=1S/C18H16ClNO3/c1-23-13-5-2-9(19)8-12(13)20-16(21)14-10-3-4-11(15(14)17(20)22)18(10)6-7-18/h2-5,8,10-11,14-15H,6-7H2,1H3/t10-,11+,14-,15-/m0/s1. The minimum absolute atomic E-state index is 0.0938. The summed E-state index contributed by atoms with van der Waals surface area (Å²) in [5.74, 6) is 0.352. The fourth-order valence-electron chi connectivity index (χ4n) is 5.15. The lowest BCUT2D eigenvalue weighted by Gasteiger charge is -2.23. The Morgan fingerprint density at radius 2 is 1.74 bits per heavy atom. The van der Waals surface area contributed by atoms with E-state index in [1.165, 1.54) is 12.0 Å². The first-order valence-corrected chi connectivity index (χ1v) is 8.36. The summed E-state index contributed by atoms with van der Waals surface area (Å²) in [5, 5.41) is 0.484. The Morgan fingerprint density at radius 1 is 1.13 bits per heavy atom. The Kier molecular flexibility index (Phi) is 2.47. The Bertz CT molecular complexity index is 748. The van der Waals surface area contributed by atoms with Crippen molar-refractivity contribution < 1.29 is 14.3 Å². The van der Waals surface area contributed by atoms with Gasteiger partial charge in [0.2, 0.25) is 11.8 Å². The highest BCUT2D eigenvalue weighted by Crippen LogP contribution is 2.73. The van der Waals surface area contributed by atoms with E-state index in [1.54, 1.807) is 18.2 Å². The summed E-state index contributed by atoms with van der Waals surface area (Å²) in [5.41, 5.74) is 0.680. The molecule has 1 aromatic rings. The largest absolute Gasteiger partial charge is 0.495 e. The minimum atomic E-state index is -0.205. The van der Waals surface area contributed by atoms with E-state index in [2.05, 4.69) is 12.2 Å². The molecular weight excluding hydrogens is 314 g/mol. The second-order valence-electron chi connectivity index (χ2n) is 7.05. The highest BCUT2D eigenvalue weighted by Gasteiger charge is 2.73. The molecule has 1 aliphatic heterocycles. The van der Waals surface area contributed by atoms with Gasteiger partial charge in [-0.2, -0.15) is 0 Å². The summed E-state index contributed by atoms with van der Waals surface area (Å²) in [6.07, 6.45) is 6.62. The monoisotopic (exact) mass is 329 g/mol. The molecule has 2 bridgehead atoms. The number of carbonyl (C=O) groups is 2. The third kappa shape index (κ3) is 1.48. The average Bonchev–Trinajstić information content (AvgIpc) is 3.13. The molecule has 0 unspecified atom stereocenters. The second-order valence-corrected chi connectivity index (χ2v) is 7.49. The number of methoxy groups -OCH3 is 1. The van der Waals surface area contributed by atoms with Crippen LogP contribution in [0.5, 0.6) is 5.75 Å². The maximum Gasteiger partial charge on any atom is 0.238 e. The smallest absolute Gasteiger partial charge is 0.238 e. The Balaban J connectivity index is 1.60. The number of benzene rings is 1. The minimum Gasteiger partial charge on any atom is -0.495 e. The number of rotatable bonds is 2. The first-order valence-electron chi connectivity index (χ1n) is 7.98. The quantitative estimate of drug-likeness (QED) is 0.619. The van der Waals surface area contributed by atoms with Crippen molar-refractivity contribution in [3.05, 3.63) is 35.4 Å². The lowest BCUT2D eigenvalue weighted by atomic mass is 9.85. The van der Waals surface area contributed by atoms with Gasteiger partial charge in [-0.15, -0.1) is 0 Å². The van der Waals surface area contributed by atoms with Gasteiger partial charge in [0.15, 0.2) is 0 Å². The van der Waals surface area contributed by atoms with Crippen LogP contribution in [0.15, 0.2) is 30.4 Å². The van der Waals surface area contributed by atoms with E-state index >= 15 is 0 Å². The molecule has 1 aromatic carbocycles. The zero-order chi connectivity index (χ0) is 15.9. The number of halogens is 1. The Morgan fingerprint density at radius 3 is 2.26 bits per heavy atom. The molecule has 0 N–H and O–H groups in total. The molecule has 5 heteroatoms. The first-order chi connectivity index (χ1) is 11.1. The van der Waals surface area contributed by atoms with Crippen LogP contribution in [0, 0.1) is 29.1 Å². The number of allylic oxidation sites excluding steroid dienone is 2. The third-order valence-corrected chi connectivity index (χ3v) is 6.47. The Hall–Kier alpha value is -1.81. The molecule has 1 spiro atoms. The SMILES string of the molecule is COc1ccc(Cl)cc1N1C(=O)[C@@H]2[C@@H](C1=O)[C@@H]1C=C[C@H]2C12CC2. The van der Waals surface area contributed by atoms with E-state index in [1.807, 2.05) is 0 Å². The van der Waals surface area contributed by atoms with E-state index in [0.717, 1.165) is 12.8 Å². The maximum absolute atomic E-state index is 13.1. The molecule has 4 atom stereocenters. The molecule has 2 amide bonds. The van der Waals surface area contributed by atoms with Crippen LogP contribution in [-0.4, -0.2) is 18.9 Å². The number of imide groups is 1. The number of ether oxygens (including phenoxy) is 1. The van der Waals surface area contributed by atoms with Gasteiger partial charge < -0.3 is 4.74 Å². The predicted octanol–water partition coefficient (Wildman–Crippen LogP) is 3.05. The number of hydrogen-bond donors (Lipinski definition) is 0. The molecule has 0 radical (unpaired) electrons. The van der Waals surface area contributed by atoms with Gasteiger partial charge in [0.05, 0.1) is 24.6 Å². The van der Waals surface area contributed by atoms with Crippen molar-refractivity contribution >= 4 is 29.1 Å². The molecule has 23 heavy (non-hydrogen) atoms. The molecule has 1 saturated heterocycles. The van der Waals surface area contributed by atoms with Gasteiger partial charge in [0, 0.05) is 5.02 Å². The molecule has 0 aromatic heterocycles. The zero-order valence-electron chi connectivity index (χ0n) is 12.7. The van der Waals surface area contributed by atoms with E-state index < -0.39 is 0 Å². The lowest BCUT2D eigenvalue weighted by Crippen LogP contribution is -2.35. The van der Waals surface area contributed by atoms with Crippen LogP contribution in [0.3, 0.4) is 0 Å². The van der Waals surface area contributed by atoms with E-state index in [0.29, 0.717) is 16.5 Å². The van der Waals surface area contributed by atoms with E-state index in [9.17, 15) is 9.59 Å². The third-order valence-electron chi connectivity index (χ3n) is 6.23. The van der Waals surface area contributed by atoms with Crippen LogP contribution in [0.4, 0.5) is 5.69 Å². The molecule has 2 saturated carbocycles. The fraction of sp³-hybridized carbons (Fsp3) is 0.444. The summed E-state index contributed by atoms with van der Waals surface area (Å²) in [7, 11) is 1.53. The number of anilines is 1. The van der Waals surface area contributed by atoms with Crippen molar-refractivity contribution in [2.45, 2.75) is 12.8 Å². The molecule has 5 rings (SSSR count).